The van der Waals surface area contributed by atoms with Crippen LogP contribution in [0.5, 0.6) is 0 Å². The minimum absolute atomic E-state index is 0.00177. The molecule has 0 saturated heterocycles. The molecule has 0 fully saturated rings. The summed E-state index contributed by atoms with van der Waals surface area (Å²) in [6.45, 7) is 7.92. The Morgan fingerprint density at radius 2 is 1.12 bits per heavy atom. The van der Waals surface area contributed by atoms with Gasteiger partial charge in [-0.1, -0.05) is 118 Å². The number of ether oxygens (including phenoxy) is 2. The highest BCUT2D eigenvalue weighted by atomic mass is 35.5. The number of benzene rings is 4. The average Bonchev–Trinajstić information content (AvgIpc) is 4.13. The van der Waals surface area contributed by atoms with Gasteiger partial charge in [0, 0.05) is 62.7 Å². The predicted octanol–water partition coefficient (Wildman–Crippen LogP) is 10.2. The standard InChI is InChI=1S/2C25H22ClN3O5/c1-15-20(11-23(30)33-16(2)19-5-3-4-6-21(19)26)24(34-28-15)18-9-7-17(8-10-18)13-29-14-27-12-22(29)25(31)32;1-15-20(11-23(30)33-16(2)19-5-3-4-6-21(19)26)24(34-28-15)18-9-7-17(8-10-18)12-29-13-22(25(31)32)27-14-29/h3-10,12,14,16H,11,13H2,1-2H3,(H,31,32);3-10,13-14,16H,11-12H2,1-2H3,(H,31,32). The van der Waals surface area contributed by atoms with Gasteiger partial charge in [-0.3, -0.25) is 9.59 Å². The lowest BCUT2D eigenvalue weighted by atomic mass is 10.0. The van der Waals surface area contributed by atoms with Gasteiger partial charge in [0.05, 0.1) is 43.1 Å². The molecule has 0 aliphatic rings. The fourth-order valence-electron chi connectivity index (χ4n) is 7.26. The maximum atomic E-state index is 12.7. The Kier molecular flexibility index (Phi) is 15.3. The molecule has 4 aromatic heterocycles. The molecule has 0 radical (unpaired) electrons. The van der Waals surface area contributed by atoms with E-state index in [1.165, 1.54) is 25.0 Å². The van der Waals surface area contributed by atoms with Crippen LogP contribution in [0.3, 0.4) is 0 Å². The zero-order chi connectivity index (χ0) is 48.5. The van der Waals surface area contributed by atoms with Crippen molar-refractivity contribution in [3.05, 3.63) is 188 Å². The van der Waals surface area contributed by atoms with Gasteiger partial charge in [0.1, 0.15) is 17.9 Å². The first-order chi connectivity index (χ1) is 32.6. The summed E-state index contributed by atoms with van der Waals surface area (Å²) in [4.78, 5) is 55.4. The number of halogens is 2. The lowest BCUT2D eigenvalue weighted by molar-refractivity contribution is -0.148. The fourth-order valence-corrected chi connectivity index (χ4v) is 7.84. The second-order valence-electron chi connectivity index (χ2n) is 15.7. The molecule has 4 aromatic carbocycles. The van der Waals surface area contributed by atoms with E-state index >= 15 is 0 Å². The van der Waals surface area contributed by atoms with E-state index in [0.29, 0.717) is 57.2 Å². The molecule has 2 N–H and O–H groups in total. The molecule has 348 valence electrons. The summed E-state index contributed by atoms with van der Waals surface area (Å²) in [6, 6.07) is 29.4. The predicted molar refractivity (Wildman–Crippen MR) is 249 cm³/mol. The van der Waals surface area contributed by atoms with Crippen LogP contribution in [0.2, 0.25) is 10.0 Å². The largest absolute Gasteiger partial charge is 0.477 e. The summed E-state index contributed by atoms with van der Waals surface area (Å²) < 4.78 is 25.5. The molecule has 0 saturated carbocycles. The van der Waals surface area contributed by atoms with Gasteiger partial charge in [-0.15, -0.1) is 0 Å². The smallest absolute Gasteiger partial charge is 0.356 e. The van der Waals surface area contributed by atoms with Gasteiger partial charge in [0.15, 0.2) is 17.2 Å². The molecule has 0 amide bonds. The minimum Gasteiger partial charge on any atom is -0.477 e. The molecule has 0 aliphatic heterocycles. The van der Waals surface area contributed by atoms with Crippen molar-refractivity contribution in [1.29, 1.82) is 0 Å². The van der Waals surface area contributed by atoms with E-state index in [1.807, 2.05) is 84.9 Å². The van der Waals surface area contributed by atoms with E-state index in [4.69, 9.17) is 46.8 Å². The average molecular weight is 960 g/mol. The number of carbonyl (C=O) groups excluding carboxylic acids is 2. The Morgan fingerprint density at radius 3 is 1.56 bits per heavy atom. The summed E-state index contributed by atoms with van der Waals surface area (Å²) >= 11 is 12.4. The van der Waals surface area contributed by atoms with Crippen molar-refractivity contribution in [2.75, 3.05) is 0 Å². The van der Waals surface area contributed by atoms with Crippen molar-refractivity contribution >= 4 is 47.1 Å². The number of carboxylic acid groups (broad SMARTS) is 2. The van der Waals surface area contributed by atoms with E-state index in [9.17, 15) is 24.3 Å². The number of aryl methyl sites for hydroxylation is 2. The first-order valence-corrected chi connectivity index (χ1v) is 21.9. The first-order valence-electron chi connectivity index (χ1n) is 21.1. The lowest BCUT2D eigenvalue weighted by Gasteiger charge is -2.15. The maximum absolute atomic E-state index is 12.7. The number of aromatic carboxylic acids is 2. The van der Waals surface area contributed by atoms with Crippen molar-refractivity contribution in [3.63, 3.8) is 0 Å². The molecule has 2 atom stereocenters. The normalized spacial score (nSPS) is 11.9. The summed E-state index contributed by atoms with van der Waals surface area (Å²) in [5, 5.41) is 27.4. The molecular weight excluding hydrogens is 915 g/mol. The minimum atomic E-state index is -1.07. The number of hydrogen-bond donors (Lipinski definition) is 2. The molecule has 18 heteroatoms. The molecule has 8 aromatic rings. The molecule has 4 heterocycles. The molecule has 2 unspecified atom stereocenters. The second kappa shape index (κ2) is 21.7. The Morgan fingerprint density at radius 1 is 0.647 bits per heavy atom. The summed E-state index contributed by atoms with van der Waals surface area (Å²) in [5.74, 6) is -1.94. The zero-order valence-corrected chi connectivity index (χ0v) is 38.6. The molecule has 0 bridgehead atoms. The summed E-state index contributed by atoms with van der Waals surface area (Å²) in [6.07, 6.45) is 4.76. The highest BCUT2D eigenvalue weighted by molar-refractivity contribution is 6.31. The molecule has 0 aliphatic carbocycles. The van der Waals surface area contributed by atoms with Crippen LogP contribution in [0, 0.1) is 13.8 Å². The van der Waals surface area contributed by atoms with E-state index in [2.05, 4.69) is 20.3 Å². The van der Waals surface area contributed by atoms with Crippen LogP contribution >= 0.6 is 23.2 Å². The van der Waals surface area contributed by atoms with Crippen LogP contribution in [0.25, 0.3) is 22.6 Å². The highest BCUT2D eigenvalue weighted by Crippen LogP contribution is 2.32. The Bertz CT molecular complexity index is 3060. The van der Waals surface area contributed by atoms with Crippen LogP contribution in [0.1, 0.15) is 91.8 Å². The Labute approximate surface area is 399 Å². The second-order valence-corrected chi connectivity index (χ2v) is 16.5. The van der Waals surface area contributed by atoms with Gasteiger partial charge < -0.3 is 37.9 Å². The van der Waals surface area contributed by atoms with Crippen LogP contribution in [0.4, 0.5) is 0 Å². The third-order valence-electron chi connectivity index (χ3n) is 10.8. The van der Waals surface area contributed by atoms with Gasteiger partial charge in [0.2, 0.25) is 0 Å². The van der Waals surface area contributed by atoms with E-state index in [0.717, 1.165) is 33.4 Å². The van der Waals surface area contributed by atoms with Gasteiger partial charge in [0.25, 0.3) is 0 Å². The Hall–Kier alpha value is -7.82. The van der Waals surface area contributed by atoms with Gasteiger partial charge >= 0.3 is 23.9 Å². The van der Waals surface area contributed by atoms with Crippen LogP contribution in [0.15, 0.2) is 131 Å². The summed E-state index contributed by atoms with van der Waals surface area (Å²) in [5.41, 5.74) is 7.44. The number of aromatic nitrogens is 6. The SMILES string of the molecule is Cc1noc(-c2ccc(Cn3cnc(C(=O)O)c3)cc2)c1CC(=O)OC(C)c1ccccc1Cl.Cc1noc(-c2ccc(Cn3cncc3C(=O)O)cc2)c1CC(=O)OC(C)c1ccccc1Cl. The quantitative estimate of drug-likeness (QED) is 0.0862. The number of esters is 2. The maximum Gasteiger partial charge on any atom is 0.356 e. The third kappa shape index (κ3) is 11.8. The van der Waals surface area contributed by atoms with Crippen molar-refractivity contribution in [2.45, 2.75) is 65.8 Å². The third-order valence-corrected chi connectivity index (χ3v) is 11.5. The van der Waals surface area contributed by atoms with E-state index in [1.54, 1.807) is 49.0 Å². The monoisotopic (exact) mass is 958 g/mol. The summed E-state index contributed by atoms with van der Waals surface area (Å²) in [7, 11) is 0. The lowest BCUT2D eigenvalue weighted by Crippen LogP contribution is -2.12. The van der Waals surface area contributed by atoms with Gasteiger partial charge in [-0.25, -0.2) is 19.6 Å². The molecular formula is C50H44Cl2N6O10. The number of rotatable bonds is 16. The zero-order valence-electron chi connectivity index (χ0n) is 37.1. The van der Waals surface area contributed by atoms with Crippen LogP contribution in [-0.2, 0) is 45.0 Å². The molecule has 8 rings (SSSR count). The van der Waals surface area contributed by atoms with E-state index < -0.39 is 36.1 Å². The van der Waals surface area contributed by atoms with Crippen molar-refractivity contribution < 1.29 is 47.9 Å². The number of imidazole rings is 2. The number of nitrogens with zero attached hydrogens (tertiary/aromatic N) is 6. The fraction of sp³-hybridized carbons (Fsp3) is 0.200. The van der Waals surface area contributed by atoms with Crippen molar-refractivity contribution in [3.8, 4) is 22.6 Å². The van der Waals surface area contributed by atoms with Crippen LogP contribution in [-0.4, -0.2) is 63.5 Å². The first kappa shape index (κ1) is 48.1. The van der Waals surface area contributed by atoms with Crippen LogP contribution < -0.4 is 0 Å². The number of carboxylic acids is 2. The Balaban J connectivity index is 0.000000201. The van der Waals surface area contributed by atoms with Gasteiger partial charge in [-0.2, -0.15) is 0 Å². The molecule has 68 heavy (non-hydrogen) atoms. The highest BCUT2D eigenvalue weighted by Gasteiger charge is 2.23. The number of carbonyl (C=O) groups is 4. The van der Waals surface area contributed by atoms with Crippen molar-refractivity contribution in [1.82, 2.24) is 29.4 Å². The van der Waals surface area contributed by atoms with E-state index in [-0.39, 0.29) is 24.2 Å². The van der Waals surface area contributed by atoms with Crippen molar-refractivity contribution in [2.24, 2.45) is 0 Å². The number of hydrogen-bond acceptors (Lipinski definition) is 12. The topological polar surface area (TPSA) is 215 Å². The van der Waals surface area contributed by atoms with Gasteiger partial charge in [-0.05, 0) is 51.0 Å². The molecule has 0 spiro atoms. The molecule has 16 nitrogen and oxygen atoms in total.